The van der Waals surface area contributed by atoms with Gasteiger partial charge in [0.2, 0.25) is 5.88 Å². The van der Waals surface area contributed by atoms with Gasteiger partial charge in [0.1, 0.15) is 5.69 Å². The maximum absolute atomic E-state index is 6.00. The summed E-state index contributed by atoms with van der Waals surface area (Å²) < 4.78 is 7.78. The van der Waals surface area contributed by atoms with Crippen LogP contribution in [-0.4, -0.2) is 15.9 Å². The van der Waals surface area contributed by atoms with Crippen molar-refractivity contribution in [3.8, 4) is 5.88 Å². The molecule has 1 atom stereocenters. The summed E-state index contributed by atoms with van der Waals surface area (Å²) in [6.45, 7) is 9.08. The molecule has 104 valence electrons. The number of aromatic nitrogens is 2. The summed E-state index contributed by atoms with van der Waals surface area (Å²) in [5, 5.41) is 4.36. The number of nitrogen functional groups attached to an aromatic ring is 1. The number of nitrogens with zero attached hydrogens (tertiary/aromatic N) is 2. The van der Waals surface area contributed by atoms with E-state index in [1.165, 1.54) is 25.7 Å². The van der Waals surface area contributed by atoms with E-state index < -0.39 is 0 Å². The molecule has 1 heterocycles. The van der Waals surface area contributed by atoms with Gasteiger partial charge in [-0.15, -0.1) is 0 Å². The number of ether oxygens (including phenoxy) is 1. The molecule has 18 heavy (non-hydrogen) atoms. The summed E-state index contributed by atoms with van der Waals surface area (Å²) in [5.41, 5.74) is 7.53. The van der Waals surface area contributed by atoms with E-state index in [4.69, 9.17) is 10.5 Å². The largest absolute Gasteiger partial charge is 0.473 e. The minimum absolute atomic E-state index is 0.200. The van der Waals surface area contributed by atoms with Gasteiger partial charge >= 0.3 is 0 Å². The van der Waals surface area contributed by atoms with Crippen molar-refractivity contribution >= 4 is 5.69 Å². The number of anilines is 1. The molecule has 0 bridgehead atoms. The first kappa shape index (κ1) is 14.9. The Labute approximate surface area is 111 Å². The Bertz CT molecular complexity index is 360. The van der Waals surface area contributed by atoms with E-state index in [9.17, 15) is 0 Å². The minimum atomic E-state index is 0.200. The molecule has 4 heteroatoms. The molecule has 1 aromatic heterocycles. The number of aryl methyl sites for hydroxylation is 2. The summed E-state index contributed by atoms with van der Waals surface area (Å²) in [6.07, 6.45) is 6.35. The van der Waals surface area contributed by atoms with Crippen LogP contribution in [0.3, 0.4) is 0 Å². The normalized spacial score (nSPS) is 12.7. The van der Waals surface area contributed by atoms with Crippen molar-refractivity contribution in [2.24, 2.45) is 0 Å². The van der Waals surface area contributed by atoms with Crippen molar-refractivity contribution in [1.82, 2.24) is 9.78 Å². The third kappa shape index (κ3) is 3.93. The fourth-order valence-corrected chi connectivity index (χ4v) is 2.02. The molecule has 0 aliphatic carbocycles. The van der Waals surface area contributed by atoms with Crippen LogP contribution in [0.5, 0.6) is 5.88 Å². The van der Waals surface area contributed by atoms with Crippen molar-refractivity contribution in [2.75, 3.05) is 5.73 Å². The third-order valence-corrected chi connectivity index (χ3v) is 3.20. The van der Waals surface area contributed by atoms with Crippen molar-refractivity contribution in [3.05, 3.63) is 5.69 Å². The lowest BCUT2D eigenvalue weighted by Crippen LogP contribution is -2.15. The number of nitrogens with two attached hydrogens (primary N) is 1. The molecule has 1 rings (SSSR count). The number of hydrogen-bond donors (Lipinski definition) is 1. The lowest BCUT2D eigenvalue weighted by atomic mass is 10.1. The van der Waals surface area contributed by atoms with Crippen LogP contribution in [0, 0.1) is 6.92 Å². The molecule has 0 saturated carbocycles. The van der Waals surface area contributed by atoms with Crippen LogP contribution in [0.4, 0.5) is 5.69 Å². The van der Waals surface area contributed by atoms with E-state index >= 15 is 0 Å². The number of rotatable bonds is 8. The average Bonchev–Trinajstić information content (AvgIpc) is 2.62. The van der Waals surface area contributed by atoms with Gasteiger partial charge in [-0.2, -0.15) is 5.10 Å². The van der Waals surface area contributed by atoms with E-state index in [0.29, 0.717) is 5.69 Å². The lowest BCUT2D eigenvalue weighted by molar-refractivity contribution is 0.188. The van der Waals surface area contributed by atoms with Gasteiger partial charge in [-0.3, -0.25) is 0 Å². The summed E-state index contributed by atoms with van der Waals surface area (Å²) in [7, 11) is 0. The lowest BCUT2D eigenvalue weighted by Gasteiger charge is -2.15. The summed E-state index contributed by atoms with van der Waals surface area (Å²) in [4.78, 5) is 0. The summed E-state index contributed by atoms with van der Waals surface area (Å²) in [6, 6.07) is 0. The first-order chi connectivity index (χ1) is 8.60. The highest BCUT2D eigenvalue weighted by molar-refractivity contribution is 5.52. The van der Waals surface area contributed by atoms with E-state index in [1.54, 1.807) is 0 Å². The van der Waals surface area contributed by atoms with Gasteiger partial charge in [-0.1, -0.05) is 26.2 Å². The molecule has 0 spiro atoms. The van der Waals surface area contributed by atoms with Crippen molar-refractivity contribution in [3.63, 3.8) is 0 Å². The Hall–Kier alpha value is -1.19. The Balaban J connectivity index is 2.50. The molecular weight excluding hydrogens is 226 g/mol. The molecule has 1 aromatic rings. The summed E-state index contributed by atoms with van der Waals surface area (Å²) in [5.74, 6) is 0.734. The Morgan fingerprint density at radius 2 is 2.00 bits per heavy atom. The van der Waals surface area contributed by atoms with Crippen LogP contribution < -0.4 is 10.5 Å². The molecule has 0 fully saturated rings. The molecule has 2 N–H and O–H groups in total. The molecule has 0 saturated heterocycles. The molecule has 0 aliphatic rings. The van der Waals surface area contributed by atoms with Crippen LogP contribution in [0.1, 0.15) is 58.6 Å². The smallest absolute Gasteiger partial charge is 0.236 e. The van der Waals surface area contributed by atoms with Gasteiger partial charge in [0, 0.05) is 6.54 Å². The second kappa shape index (κ2) is 7.29. The van der Waals surface area contributed by atoms with Crippen LogP contribution >= 0.6 is 0 Å². The van der Waals surface area contributed by atoms with E-state index in [0.717, 1.165) is 24.5 Å². The number of unbranched alkanes of at least 4 members (excludes halogenated alkanes) is 3. The Kier molecular flexibility index (Phi) is 6.02. The van der Waals surface area contributed by atoms with Crippen LogP contribution in [-0.2, 0) is 6.54 Å². The highest BCUT2D eigenvalue weighted by Crippen LogP contribution is 2.26. The van der Waals surface area contributed by atoms with Crippen LogP contribution in [0.25, 0.3) is 0 Å². The topological polar surface area (TPSA) is 53.1 Å². The minimum Gasteiger partial charge on any atom is -0.473 e. The molecular formula is C14H27N3O. The zero-order chi connectivity index (χ0) is 13.5. The van der Waals surface area contributed by atoms with Crippen LogP contribution in [0.15, 0.2) is 0 Å². The standard InChI is InChI=1S/C14H27N3O/c1-5-7-8-9-10-11(3)18-14-13(15)12(4)16-17(14)6-2/h11H,5-10,15H2,1-4H3. The molecule has 4 nitrogen and oxygen atoms in total. The van der Waals surface area contributed by atoms with Crippen molar-refractivity contribution < 1.29 is 4.74 Å². The van der Waals surface area contributed by atoms with Gasteiger partial charge in [-0.25, -0.2) is 4.68 Å². The third-order valence-electron chi connectivity index (χ3n) is 3.20. The predicted molar refractivity (Wildman–Crippen MR) is 75.9 cm³/mol. The van der Waals surface area contributed by atoms with Crippen molar-refractivity contribution in [1.29, 1.82) is 0 Å². The summed E-state index contributed by atoms with van der Waals surface area (Å²) >= 11 is 0. The zero-order valence-corrected chi connectivity index (χ0v) is 12.2. The highest BCUT2D eigenvalue weighted by atomic mass is 16.5. The Morgan fingerprint density at radius 1 is 1.28 bits per heavy atom. The molecule has 0 amide bonds. The first-order valence-corrected chi connectivity index (χ1v) is 7.09. The Morgan fingerprint density at radius 3 is 2.61 bits per heavy atom. The monoisotopic (exact) mass is 253 g/mol. The maximum atomic E-state index is 6.00. The fourth-order valence-electron chi connectivity index (χ4n) is 2.02. The second-order valence-electron chi connectivity index (χ2n) is 4.90. The quantitative estimate of drug-likeness (QED) is 0.721. The van der Waals surface area contributed by atoms with Gasteiger partial charge in [0.15, 0.2) is 0 Å². The molecule has 0 aromatic carbocycles. The van der Waals surface area contributed by atoms with Gasteiger partial charge < -0.3 is 10.5 Å². The second-order valence-corrected chi connectivity index (χ2v) is 4.90. The first-order valence-electron chi connectivity index (χ1n) is 7.09. The molecule has 0 aliphatic heterocycles. The zero-order valence-electron chi connectivity index (χ0n) is 12.2. The number of hydrogen-bond acceptors (Lipinski definition) is 3. The predicted octanol–water partition coefficient (Wildman–Crippen LogP) is 3.53. The SMILES string of the molecule is CCCCCCC(C)Oc1c(N)c(C)nn1CC. The van der Waals surface area contributed by atoms with E-state index in [1.807, 2.05) is 18.5 Å². The fraction of sp³-hybridized carbons (Fsp3) is 0.786. The van der Waals surface area contributed by atoms with Gasteiger partial charge in [-0.05, 0) is 33.6 Å². The van der Waals surface area contributed by atoms with Crippen LogP contribution in [0.2, 0.25) is 0 Å². The van der Waals surface area contributed by atoms with E-state index in [-0.39, 0.29) is 6.10 Å². The molecule has 1 unspecified atom stereocenters. The average molecular weight is 253 g/mol. The van der Waals surface area contributed by atoms with Crippen molar-refractivity contribution in [2.45, 2.75) is 72.4 Å². The van der Waals surface area contributed by atoms with E-state index in [2.05, 4.69) is 18.9 Å². The molecule has 0 radical (unpaired) electrons. The highest BCUT2D eigenvalue weighted by Gasteiger charge is 2.15. The maximum Gasteiger partial charge on any atom is 0.236 e. The van der Waals surface area contributed by atoms with Gasteiger partial charge in [0.05, 0.1) is 11.8 Å². The van der Waals surface area contributed by atoms with Gasteiger partial charge in [0.25, 0.3) is 0 Å².